The lowest BCUT2D eigenvalue weighted by Crippen LogP contribution is -2.30. The van der Waals surface area contributed by atoms with E-state index < -0.39 is 0 Å². The van der Waals surface area contributed by atoms with Crippen LogP contribution in [0.25, 0.3) is 0 Å². The van der Waals surface area contributed by atoms with Crippen LogP contribution in [0, 0.1) is 11.3 Å². The molecule has 0 bridgehead atoms. The largest absolute Gasteiger partial charge is 0.354 e. The predicted octanol–water partition coefficient (Wildman–Crippen LogP) is 0.536. The van der Waals surface area contributed by atoms with Crippen LogP contribution in [0.2, 0.25) is 0 Å². The molecule has 1 saturated heterocycles. The minimum atomic E-state index is 0.100. The third-order valence-electron chi connectivity index (χ3n) is 2.63. The van der Waals surface area contributed by atoms with Crippen molar-refractivity contribution in [2.24, 2.45) is 0 Å². The van der Waals surface area contributed by atoms with Crippen molar-refractivity contribution < 1.29 is 4.79 Å². The van der Waals surface area contributed by atoms with E-state index in [0.29, 0.717) is 25.1 Å². The summed E-state index contributed by atoms with van der Waals surface area (Å²) in [6.07, 6.45) is 0.540. The second kappa shape index (κ2) is 4.77. The quantitative estimate of drug-likeness (QED) is 0.773. The zero-order valence-corrected chi connectivity index (χ0v) is 8.86. The van der Waals surface area contributed by atoms with Crippen molar-refractivity contribution in [3.05, 3.63) is 35.4 Å². The summed E-state index contributed by atoms with van der Waals surface area (Å²) in [5, 5.41) is 14.8. The van der Waals surface area contributed by atoms with Gasteiger partial charge >= 0.3 is 0 Å². The molecule has 16 heavy (non-hydrogen) atoms. The van der Waals surface area contributed by atoms with E-state index in [-0.39, 0.29) is 11.9 Å². The normalized spacial score (nSPS) is 19.2. The Hall–Kier alpha value is -1.86. The molecule has 4 heteroatoms. The monoisotopic (exact) mass is 215 g/mol. The fraction of sp³-hybridized carbons (Fsp3) is 0.333. The molecule has 1 aliphatic heterocycles. The zero-order chi connectivity index (χ0) is 11.4. The fourth-order valence-corrected chi connectivity index (χ4v) is 1.76. The van der Waals surface area contributed by atoms with Crippen LogP contribution in [0.5, 0.6) is 0 Å². The number of amides is 1. The second-order valence-corrected chi connectivity index (χ2v) is 3.90. The summed E-state index contributed by atoms with van der Waals surface area (Å²) in [7, 11) is 0. The molecule has 0 spiro atoms. The molecule has 1 fully saturated rings. The van der Waals surface area contributed by atoms with Gasteiger partial charge in [0.05, 0.1) is 11.6 Å². The third-order valence-corrected chi connectivity index (χ3v) is 2.63. The van der Waals surface area contributed by atoms with E-state index >= 15 is 0 Å². The predicted molar refractivity (Wildman–Crippen MR) is 59.4 cm³/mol. The number of rotatable bonds is 3. The Morgan fingerprint density at radius 2 is 2.44 bits per heavy atom. The van der Waals surface area contributed by atoms with Crippen LogP contribution in [0.1, 0.15) is 17.5 Å². The van der Waals surface area contributed by atoms with Gasteiger partial charge in [0.2, 0.25) is 5.91 Å². The van der Waals surface area contributed by atoms with E-state index in [9.17, 15) is 4.79 Å². The second-order valence-electron chi connectivity index (χ2n) is 3.90. The summed E-state index contributed by atoms with van der Waals surface area (Å²) in [6, 6.07) is 9.79. The highest BCUT2D eigenvalue weighted by molar-refractivity contribution is 5.78. The van der Waals surface area contributed by atoms with Crippen LogP contribution in [-0.2, 0) is 11.3 Å². The number of carbonyl (C=O) groups is 1. The maximum absolute atomic E-state index is 11.0. The van der Waals surface area contributed by atoms with Crippen molar-refractivity contribution in [2.75, 3.05) is 6.54 Å². The molecule has 1 aromatic rings. The number of hydrogen-bond donors (Lipinski definition) is 2. The first-order valence-electron chi connectivity index (χ1n) is 5.27. The van der Waals surface area contributed by atoms with Crippen molar-refractivity contribution in [2.45, 2.75) is 19.0 Å². The van der Waals surface area contributed by atoms with Crippen molar-refractivity contribution in [3.8, 4) is 6.07 Å². The van der Waals surface area contributed by atoms with E-state index in [1.807, 2.05) is 18.2 Å². The lowest BCUT2D eigenvalue weighted by Gasteiger charge is -2.10. The molecule has 0 saturated carbocycles. The van der Waals surface area contributed by atoms with Crippen LogP contribution in [-0.4, -0.2) is 18.5 Å². The number of nitrogens with zero attached hydrogens (tertiary/aromatic N) is 1. The Kier molecular flexibility index (Phi) is 3.18. The molecule has 1 atom stereocenters. The molecule has 1 aliphatic rings. The van der Waals surface area contributed by atoms with Crippen molar-refractivity contribution >= 4 is 5.91 Å². The lowest BCUT2D eigenvalue weighted by molar-refractivity contribution is -0.119. The molecule has 1 heterocycles. The molecular formula is C12H13N3O. The molecule has 1 unspecified atom stereocenters. The van der Waals surface area contributed by atoms with Gasteiger partial charge in [0.25, 0.3) is 0 Å². The van der Waals surface area contributed by atoms with Gasteiger partial charge in [0, 0.05) is 25.6 Å². The smallest absolute Gasteiger partial charge is 0.221 e. The first kappa shape index (κ1) is 10.7. The zero-order valence-electron chi connectivity index (χ0n) is 8.86. The molecule has 4 nitrogen and oxygen atoms in total. The molecule has 0 radical (unpaired) electrons. The fourth-order valence-electron chi connectivity index (χ4n) is 1.76. The van der Waals surface area contributed by atoms with Crippen molar-refractivity contribution in [1.29, 1.82) is 5.26 Å². The highest BCUT2D eigenvalue weighted by Gasteiger charge is 2.20. The molecular weight excluding hydrogens is 202 g/mol. The summed E-state index contributed by atoms with van der Waals surface area (Å²) < 4.78 is 0. The Morgan fingerprint density at radius 1 is 1.56 bits per heavy atom. The van der Waals surface area contributed by atoms with Gasteiger partial charge in [-0.15, -0.1) is 0 Å². The van der Waals surface area contributed by atoms with Crippen LogP contribution in [0.4, 0.5) is 0 Å². The topological polar surface area (TPSA) is 64.9 Å². The lowest BCUT2D eigenvalue weighted by atomic mass is 10.1. The first-order chi connectivity index (χ1) is 7.78. The summed E-state index contributed by atoms with van der Waals surface area (Å²) in [5.41, 5.74) is 1.73. The van der Waals surface area contributed by atoms with E-state index in [4.69, 9.17) is 5.26 Å². The maximum atomic E-state index is 11.0. The maximum Gasteiger partial charge on any atom is 0.221 e. The van der Waals surface area contributed by atoms with E-state index in [1.54, 1.807) is 6.07 Å². The van der Waals surface area contributed by atoms with Crippen LogP contribution in [0.15, 0.2) is 24.3 Å². The highest BCUT2D eigenvalue weighted by Crippen LogP contribution is 2.06. The van der Waals surface area contributed by atoms with Gasteiger partial charge in [0.1, 0.15) is 0 Å². The highest BCUT2D eigenvalue weighted by atomic mass is 16.1. The summed E-state index contributed by atoms with van der Waals surface area (Å²) in [5.74, 6) is 0.100. The minimum Gasteiger partial charge on any atom is -0.354 e. The molecule has 0 aliphatic carbocycles. The van der Waals surface area contributed by atoms with Crippen molar-refractivity contribution in [3.63, 3.8) is 0 Å². The van der Waals surface area contributed by atoms with Gasteiger partial charge in [-0.3, -0.25) is 4.79 Å². The summed E-state index contributed by atoms with van der Waals surface area (Å²) >= 11 is 0. The Morgan fingerprint density at radius 3 is 3.12 bits per heavy atom. The van der Waals surface area contributed by atoms with Gasteiger partial charge in [-0.25, -0.2) is 0 Å². The standard InChI is InChI=1S/C12H13N3O/c13-6-9-2-1-3-10(4-9)7-14-11-5-12(16)15-8-11/h1-4,11,14H,5,7-8H2,(H,15,16). The number of nitrogens with one attached hydrogen (secondary N) is 2. The van der Waals surface area contributed by atoms with Crippen LogP contribution in [0.3, 0.4) is 0 Å². The van der Waals surface area contributed by atoms with Gasteiger partial charge < -0.3 is 10.6 Å². The number of hydrogen-bond acceptors (Lipinski definition) is 3. The molecule has 82 valence electrons. The van der Waals surface area contributed by atoms with Gasteiger partial charge in [-0.1, -0.05) is 12.1 Å². The Bertz CT molecular complexity index is 436. The minimum absolute atomic E-state index is 0.100. The van der Waals surface area contributed by atoms with E-state index in [2.05, 4.69) is 16.7 Å². The average Bonchev–Trinajstić information content (AvgIpc) is 2.73. The molecule has 2 N–H and O–H groups in total. The number of carbonyl (C=O) groups excluding carboxylic acids is 1. The van der Waals surface area contributed by atoms with Crippen LogP contribution < -0.4 is 10.6 Å². The third kappa shape index (κ3) is 2.59. The SMILES string of the molecule is N#Cc1cccc(CNC2CNC(=O)C2)c1. The Balaban J connectivity index is 1.90. The van der Waals surface area contributed by atoms with E-state index in [0.717, 1.165) is 5.56 Å². The Labute approximate surface area is 94.3 Å². The number of nitriles is 1. The van der Waals surface area contributed by atoms with Gasteiger partial charge in [0.15, 0.2) is 0 Å². The number of benzene rings is 1. The van der Waals surface area contributed by atoms with Gasteiger partial charge in [-0.05, 0) is 17.7 Å². The summed E-state index contributed by atoms with van der Waals surface area (Å²) in [4.78, 5) is 11.0. The molecule has 1 amide bonds. The van der Waals surface area contributed by atoms with Crippen LogP contribution >= 0.6 is 0 Å². The van der Waals surface area contributed by atoms with Gasteiger partial charge in [-0.2, -0.15) is 5.26 Å². The van der Waals surface area contributed by atoms with E-state index in [1.165, 1.54) is 0 Å². The summed E-state index contributed by atoms with van der Waals surface area (Å²) in [6.45, 7) is 1.38. The molecule has 0 aromatic heterocycles. The first-order valence-corrected chi connectivity index (χ1v) is 5.27. The molecule has 1 aromatic carbocycles. The van der Waals surface area contributed by atoms with Crippen molar-refractivity contribution in [1.82, 2.24) is 10.6 Å². The average molecular weight is 215 g/mol. The molecule has 2 rings (SSSR count).